The molecule has 3 heterocycles. The molecule has 4 aromatic rings. The molecule has 0 bridgehead atoms. The number of fused-ring (bicyclic) bond motifs is 1. The molecule has 154 valence electrons. The Morgan fingerprint density at radius 3 is 2.53 bits per heavy atom. The van der Waals surface area contributed by atoms with Gasteiger partial charge >= 0.3 is 6.18 Å². The summed E-state index contributed by atoms with van der Waals surface area (Å²) >= 11 is 1.25. The number of hydrogen-bond acceptors (Lipinski definition) is 4. The maximum atomic E-state index is 13.1. The monoisotopic (exact) mass is 430 g/mol. The molecule has 1 N–H and O–H groups in total. The summed E-state index contributed by atoms with van der Waals surface area (Å²) in [7, 11) is 0. The van der Waals surface area contributed by atoms with Crippen molar-refractivity contribution < 1.29 is 18.0 Å². The number of aromatic nitrogens is 3. The van der Waals surface area contributed by atoms with Crippen LogP contribution in [0.1, 0.15) is 34.2 Å². The van der Waals surface area contributed by atoms with Gasteiger partial charge in [-0.1, -0.05) is 31.2 Å². The summed E-state index contributed by atoms with van der Waals surface area (Å²) in [6, 6.07) is 10.2. The van der Waals surface area contributed by atoms with Crippen LogP contribution in [0.2, 0.25) is 0 Å². The van der Waals surface area contributed by atoms with E-state index in [9.17, 15) is 18.0 Å². The van der Waals surface area contributed by atoms with E-state index in [2.05, 4.69) is 22.2 Å². The number of carbonyl (C=O) groups is 1. The zero-order valence-electron chi connectivity index (χ0n) is 16.1. The van der Waals surface area contributed by atoms with E-state index >= 15 is 0 Å². The second-order valence-electron chi connectivity index (χ2n) is 6.73. The number of aryl methyl sites for hydroxylation is 2. The molecule has 0 spiro atoms. The summed E-state index contributed by atoms with van der Waals surface area (Å²) in [6.07, 6.45) is -2.70. The zero-order chi connectivity index (χ0) is 21.5. The first kappa shape index (κ1) is 20.1. The molecule has 0 saturated heterocycles. The SMILES string of the molecule is CCc1ccc(-c2csc(NC(=O)c3c(C)nc4ccc(C(F)(F)F)cn34)n2)cc1. The number of rotatable bonds is 4. The molecule has 0 aliphatic heterocycles. The summed E-state index contributed by atoms with van der Waals surface area (Å²) in [6.45, 7) is 3.66. The third-order valence-electron chi connectivity index (χ3n) is 4.72. The number of amides is 1. The molecular formula is C21H17F3N4OS. The average Bonchev–Trinajstić information content (AvgIpc) is 3.30. The van der Waals surface area contributed by atoms with Gasteiger partial charge in [0.25, 0.3) is 5.91 Å². The van der Waals surface area contributed by atoms with Crippen molar-refractivity contribution >= 4 is 28.0 Å². The third kappa shape index (κ3) is 3.80. The molecular weight excluding hydrogens is 413 g/mol. The van der Waals surface area contributed by atoms with Crippen molar-refractivity contribution in [2.24, 2.45) is 0 Å². The number of nitrogens with zero attached hydrogens (tertiary/aromatic N) is 3. The van der Waals surface area contributed by atoms with Gasteiger partial charge in [0.1, 0.15) is 11.3 Å². The van der Waals surface area contributed by atoms with Gasteiger partial charge in [0.15, 0.2) is 5.13 Å². The number of hydrogen-bond donors (Lipinski definition) is 1. The summed E-state index contributed by atoms with van der Waals surface area (Å²) in [5.41, 5.74) is 2.63. The van der Waals surface area contributed by atoms with Crippen LogP contribution in [-0.2, 0) is 12.6 Å². The first-order chi connectivity index (χ1) is 14.3. The summed E-state index contributed by atoms with van der Waals surface area (Å²) < 4.78 is 40.4. The van der Waals surface area contributed by atoms with E-state index in [4.69, 9.17) is 0 Å². The van der Waals surface area contributed by atoms with Crippen molar-refractivity contribution in [3.05, 3.63) is 70.5 Å². The molecule has 30 heavy (non-hydrogen) atoms. The topological polar surface area (TPSA) is 59.3 Å². The van der Waals surface area contributed by atoms with Gasteiger partial charge < -0.3 is 0 Å². The maximum absolute atomic E-state index is 13.1. The van der Waals surface area contributed by atoms with E-state index in [0.717, 1.165) is 28.6 Å². The van der Waals surface area contributed by atoms with Crippen molar-refractivity contribution in [3.8, 4) is 11.3 Å². The minimum Gasteiger partial charge on any atom is -0.296 e. The Labute approximate surface area is 174 Å². The second kappa shape index (κ2) is 7.56. The number of halogens is 3. The predicted molar refractivity (Wildman–Crippen MR) is 110 cm³/mol. The van der Waals surface area contributed by atoms with Gasteiger partial charge in [0, 0.05) is 17.1 Å². The van der Waals surface area contributed by atoms with Gasteiger partial charge in [-0.15, -0.1) is 11.3 Å². The summed E-state index contributed by atoms with van der Waals surface area (Å²) in [4.78, 5) is 21.4. The molecule has 4 rings (SSSR count). The molecule has 0 fully saturated rings. The number of imidazole rings is 1. The minimum atomic E-state index is -4.52. The molecule has 0 aliphatic carbocycles. The van der Waals surface area contributed by atoms with Crippen LogP contribution in [0, 0.1) is 6.92 Å². The highest BCUT2D eigenvalue weighted by Gasteiger charge is 2.31. The average molecular weight is 430 g/mol. The lowest BCUT2D eigenvalue weighted by Gasteiger charge is -2.08. The Morgan fingerprint density at radius 1 is 1.13 bits per heavy atom. The van der Waals surface area contributed by atoms with Crippen molar-refractivity contribution in [3.63, 3.8) is 0 Å². The summed E-state index contributed by atoms with van der Waals surface area (Å²) in [5.74, 6) is -0.568. The van der Waals surface area contributed by atoms with Crippen LogP contribution >= 0.6 is 11.3 Å². The van der Waals surface area contributed by atoms with Crippen LogP contribution in [0.4, 0.5) is 18.3 Å². The van der Waals surface area contributed by atoms with Crippen LogP contribution in [0.25, 0.3) is 16.9 Å². The first-order valence-electron chi connectivity index (χ1n) is 9.18. The second-order valence-corrected chi connectivity index (χ2v) is 7.59. The minimum absolute atomic E-state index is 0.0418. The molecule has 1 aromatic carbocycles. The Balaban J connectivity index is 1.62. The summed E-state index contributed by atoms with van der Waals surface area (Å²) in [5, 5.41) is 4.85. The van der Waals surface area contributed by atoms with E-state index in [1.54, 1.807) is 6.92 Å². The molecule has 0 saturated carbocycles. The molecule has 9 heteroatoms. The predicted octanol–water partition coefficient (Wildman–Crippen LogP) is 5.60. The molecule has 0 radical (unpaired) electrons. The fraction of sp³-hybridized carbons (Fsp3) is 0.190. The van der Waals surface area contributed by atoms with E-state index in [0.29, 0.717) is 16.5 Å². The quantitative estimate of drug-likeness (QED) is 0.459. The van der Waals surface area contributed by atoms with Crippen molar-refractivity contribution in [1.82, 2.24) is 14.4 Å². The molecule has 1 amide bonds. The number of benzene rings is 1. The molecule has 0 unspecified atom stereocenters. The van der Waals surface area contributed by atoms with Crippen LogP contribution in [0.5, 0.6) is 0 Å². The van der Waals surface area contributed by atoms with Gasteiger partial charge in [-0.05, 0) is 31.0 Å². The van der Waals surface area contributed by atoms with Crippen LogP contribution in [0.15, 0.2) is 48.0 Å². The number of alkyl halides is 3. The van der Waals surface area contributed by atoms with Crippen LogP contribution in [0.3, 0.4) is 0 Å². The van der Waals surface area contributed by atoms with Gasteiger partial charge in [0.05, 0.1) is 17.0 Å². The first-order valence-corrected chi connectivity index (χ1v) is 10.1. The van der Waals surface area contributed by atoms with Crippen LogP contribution < -0.4 is 5.32 Å². The van der Waals surface area contributed by atoms with Gasteiger partial charge in [0.2, 0.25) is 0 Å². The van der Waals surface area contributed by atoms with Gasteiger partial charge in [-0.2, -0.15) is 13.2 Å². The highest BCUT2D eigenvalue weighted by Crippen LogP contribution is 2.30. The molecule has 3 aromatic heterocycles. The number of thiazole rings is 1. The Kier molecular flexibility index (Phi) is 5.07. The van der Waals surface area contributed by atoms with Crippen molar-refractivity contribution in [2.75, 3.05) is 5.32 Å². The van der Waals surface area contributed by atoms with Gasteiger partial charge in [-0.3, -0.25) is 14.5 Å². The smallest absolute Gasteiger partial charge is 0.296 e. The van der Waals surface area contributed by atoms with E-state index in [1.165, 1.54) is 23.0 Å². The number of anilines is 1. The van der Waals surface area contributed by atoms with E-state index < -0.39 is 17.6 Å². The number of pyridine rings is 1. The molecule has 0 aliphatic rings. The highest BCUT2D eigenvalue weighted by atomic mass is 32.1. The largest absolute Gasteiger partial charge is 0.417 e. The Morgan fingerprint density at radius 2 is 1.87 bits per heavy atom. The number of carbonyl (C=O) groups excluding carboxylic acids is 1. The normalized spacial score (nSPS) is 11.8. The lowest BCUT2D eigenvalue weighted by molar-refractivity contribution is -0.137. The standard InChI is InChI=1S/C21H17F3N4OS/c1-3-13-4-6-14(7-5-13)16-11-30-20(26-16)27-19(29)18-12(2)25-17-9-8-15(10-28(17)18)21(22,23)24/h4-11H,3H2,1-2H3,(H,26,27,29). The third-order valence-corrected chi connectivity index (χ3v) is 5.48. The lowest BCUT2D eigenvalue weighted by atomic mass is 10.1. The Hall–Kier alpha value is -3.20. The van der Waals surface area contributed by atoms with Crippen molar-refractivity contribution in [2.45, 2.75) is 26.4 Å². The van der Waals surface area contributed by atoms with Gasteiger partial charge in [-0.25, -0.2) is 9.97 Å². The van der Waals surface area contributed by atoms with E-state index in [-0.39, 0.29) is 11.3 Å². The number of nitrogens with one attached hydrogen (secondary N) is 1. The highest BCUT2D eigenvalue weighted by molar-refractivity contribution is 7.14. The van der Waals surface area contributed by atoms with Crippen LogP contribution in [-0.4, -0.2) is 20.3 Å². The zero-order valence-corrected chi connectivity index (χ0v) is 16.9. The van der Waals surface area contributed by atoms with Crippen molar-refractivity contribution in [1.29, 1.82) is 0 Å². The molecule has 5 nitrogen and oxygen atoms in total. The lowest BCUT2D eigenvalue weighted by Crippen LogP contribution is -2.16. The fourth-order valence-electron chi connectivity index (χ4n) is 3.13. The molecule has 0 atom stereocenters. The fourth-order valence-corrected chi connectivity index (χ4v) is 3.85. The Bertz CT molecular complexity index is 1230. The maximum Gasteiger partial charge on any atom is 0.417 e. The van der Waals surface area contributed by atoms with E-state index in [1.807, 2.05) is 29.6 Å².